The fourth-order valence-corrected chi connectivity index (χ4v) is 3.87. The molecule has 0 amide bonds. The topological polar surface area (TPSA) is 80.1 Å². The molecule has 0 aliphatic carbocycles. The number of piperazine rings is 1. The van der Waals surface area contributed by atoms with Crippen molar-refractivity contribution in [2.75, 3.05) is 43.1 Å². The summed E-state index contributed by atoms with van der Waals surface area (Å²) >= 11 is 0. The number of hydrogen-bond acceptors (Lipinski definition) is 7. The molecule has 31 heavy (non-hydrogen) atoms. The van der Waals surface area contributed by atoms with Gasteiger partial charge < -0.3 is 20.3 Å². The number of aryl methyl sites for hydroxylation is 1. The average Bonchev–Trinajstić information content (AvgIpc) is 3.12. The molecule has 2 N–H and O–H groups in total. The molecule has 1 fully saturated rings. The van der Waals surface area contributed by atoms with Crippen LogP contribution in [0, 0.1) is 5.82 Å². The Balaban J connectivity index is 1.81. The molecular formula is C22H30FN7O. The maximum Gasteiger partial charge on any atom is 0.228 e. The van der Waals surface area contributed by atoms with Gasteiger partial charge >= 0.3 is 0 Å². The maximum absolute atomic E-state index is 13.8. The Labute approximate surface area is 181 Å². The Hall–Kier alpha value is -2.78. The molecule has 3 aromatic rings. The lowest BCUT2D eigenvalue weighted by Gasteiger charge is -2.32. The molecule has 4 rings (SSSR count). The highest BCUT2D eigenvalue weighted by Gasteiger charge is 2.23. The van der Waals surface area contributed by atoms with Crippen molar-refractivity contribution in [1.82, 2.24) is 25.1 Å². The van der Waals surface area contributed by atoms with Crippen LogP contribution in [0.25, 0.3) is 11.0 Å². The summed E-state index contributed by atoms with van der Waals surface area (Å²) in [5.41, 5.74) is 3.19. The van der Waals surface area contributed by atoms with Gasteiger partial charge in [-0.1, -0.05) is 13.0 Å². The van der Waals surface area contributed by atoms with E-state index in [1.165, 1.54) is 12.1 Å². The molecule has 1 aromatic carbocycles. The van der Waals surface area contributed by atoms with Gasteiger partial charge in [0.1, 0.15) is 16.9 Å². The van der Waals surface area contributed by atoms with Crippen LogP contribution in [0.15, 0.2) is 24.3 Å². The minimum absolute atomic E-state index is 0.300. The second kappa shape index (κ2) is 9.57. The van der Waals surface area contributed by atoms with E-state index in [0.717, 1.165) is 42.8 Å². The zero-order chi connectivity index (χ0) is 21.8. The zero-order valence-electron chi connectivity index (χ0n) is 18.4. The summed E-state index contributed by atoms with van der Waals surface area (Å²) in [4.78, 5) is 12.0. The summed E-state index contributed by atoms with van der Waals surface area (Å²) in [5, 5.41) is 11.6. The summed E-state index contributed by atoms with van der Waals surface area (Å²) in [6, 6.07) is 6.74. The van der Waals surface area contributed by atoms with E-state index in [0.29, 0.717) is 43.3 Å². The van der Waals surface area contributed by atoms with Crippen molar-refractivity contribution in [3.05, 3.63) is 35.8 Å². The van der Waals surface area contributed by atoms with Crippen LogP contribution in [0.3, 0.4) is 0 Å². The summed E-state index contributed by atoms with van der Waals surface area (Å²) in [5.74, 6) is 0.991. The van der Waals surface area contributed by atoms with Crippen LogP contribution in [0.2, 0.25) is 0 Å². The Morgan fingerprint density at radius 1 is 1.29 bits per heavy atom. The molecule has 1 aliphatic rings. The second-order valence-electron chi connectivity index (χ2n) is 7.73. The summed E-state index contributed by atoms with van der Waals surface area (Å²) in [6.45, 7) is 10.5. The lowest BCUT2D eigenvalue weighted by molar-refractivity contribution is 0.137. The number of aromatic nitrogens is 4. The van der Waals surface area contributed by atoms with Gasteiger partial charge in [0.25, 0.3) is 0 Å². The van der Waals surface area contributed by atoms with Gasteiger partial charge in [-0.15, -0.1) is 0 Å². The minimum atomic E-state index is -0.300. The third-order valence-corrected chi connectivity index (χ3v) is 5.37. The molecule has 2 aromatic heterocycles. The predicted octanol–water partition coefficient (Wildman–Crippen LogP) is 3.11. The lowest BCUT2D eigenvalue weighted by atomic mass is 10.2. The largest absolute Gasteiger partial charge is 0.380 e. The smallest absolute Gasteiger partial charge is 0.228 e. The van der Waals surface area contributed by atoms with Gasteiger partial charge in [-0.3, -0.25) is 4.68 Å². The van der Waals surface area contributed by atoms with Gasteiger partial charge in [0, 0.05) is 38.0 Å². The normalized spacial score (nSPS) is 16.8. The van der Waals surface area contributed by atoms with E-state index >= 15 is 0 Å². The molecule has 1 atom stereocenters. The van der Waals surface area contributed by atoms with Crippen LogP contribution in [0.1, 0.15) is 26.5 Å². The van der Waals surface area contributed by atoms with E-state index < -0.39 is 0 Å². The molecule has 0 unspecified atom stereocenters. The van der Waals surface area contributed by atoms with E-state index in [-0.39, 0.29) is 5.82 Å². The molecule has 8 nitrogen and oxygen atoms in total. The summed E-state index contributed by atoms with van der Waals surface area (Å²) in [6.07, 6.45) is 0.756. The fourth-order valence-electron chi connectivity index (χ4n) is 3.87. The Morgan fingerprint density at radius 3 is 2.90 bits per heavy atom. The van der Waals surface area contributed by atoms with Crippen LogP contribution >= 0.6 is 0 Å². The van der Waals surface area contributed by atoms with Crippen LogP contribution < -0.4 is 15.5 Å². The molecule has 3 heterocycles. The van der Waals surface area contributed by atoms with Gasteiger partial charge in [-0.05, 0) is 38.5 Å². The number of nitrogens with zero attached hydrogens (tertiary/aromatic N) is 5. The van der Waals surface area contributed by atoms with Crippen molar-refractivity contribution in [3.63, 3.8) is 0 Å². The highest BCUT2D eigenvalue weighted by molar-refractivity contribution is 5.90. The lowest BCUT2D eigenvalue weighted by Crippen LogP contribution is -2.49. The SMILES string of the molecule is CCOCCn1nc(CC)c2nc(N3CCN[C@H](C)C3)nc(Nc3cccc(F)c3)c21. The molecule has 9 heteroatoms. The number of benzene rings is 1. The molecular weight excluding hydrogens is 397 g/mol. The third kappa shape index (κ3) is 4.77. The first-order chi connectivity index (χ1) is 15.1. The first kappa shape index (κ1) is 21.5. The predicted molar refractivity (Wildman–Crippen MR) is 121 cm³/mol. The average molecular weight is 428 g/mol. The van der Waals surface area contributed by atoms with Crippen molar-refractivity contribution in [2.24, 2.45) is 0 Å². The molecule has 0 bridgehead atoms. The van der Waals surface area contributed by atoms with Crippen LogP contribution in [0.4, 0.5) is 21.8 Å². The first-order valence-corrected chi connectivity index (χ1v) is 10.9. The van der Waals surface area contributed by atoms with Crippen molar-refractivity contribution in [2.45, 2.75) is 39.8 Å². The molecule has 1 saturated heterocycles. The highest BCUT2D eigenvalue weighted by atomic mass is 19.1. The van der Waals surface area contributed by atoms with E-state index in [2.05, 4.69) is 29.4 Å². The number of nitrogens with one attached hydrogen (secondary N) is 2. The van der Waals surface area contributed by atoms with E-state index in [1.54, 1.807) is 6.07 Å². The highest BCUT2D eigenvalue weighted by Crippen LogP contribution is 2.29. The number of rotatable bonds is 8. The number of hydrogen-bond donors (Lipinski definition) is 2. The van der Waals surface area contributed by atoms with Crippen molar-refractivity contribution >= 4 is 28.5 Å². The number of anilines is 3. The third-order valence-electron chi connectivity index (χ3n) is 5.37. The quantitative estimate of drug-likeness (QED) is 0.535. The van der Waals surface area contributed by atoms with Gasteiger partial charge in [0.05, 0.1) is 18.8 Å². The fraction of sp³-hybridized carbons (Fsp3) is 0.500. The number of fused-ring (bicyclic) bond motifs is 1. The molecule has 0 spiro atoms. The molecule has 0 radical (unpaired) electrons. The van der Waals surface area contributed by atoms with Gasteiger partial charge in [0.2, 0.25) is 5.95 Å². The molecule has 166 valence electrons. The summed E-state index contributed by atoms with van der Waals surface area (Å²) in [7, 11) is 0. The van der Waals surface area contributed by atoms with Crippen LogP contribution in [-0.2, 0) is 17.7 Å². The number of ether oxygens (including phenoxy) is 1. The van der Waals surface area contributed by atoms with E-state index in [9.17, 15) is 4.39 Å². The van der Waals surface area contributed by atoms with Crippen molar-refractivity contribution in [3.8, 4) is 0 Å². The van der Waals surface area contributed by atoms with Crippen molar-refractivity contribution < 1.29 is 9.13 Å². The second-order valence-corrected chi connectivity index (χ2v) is 7.73. The monoisotopic (exact) mass is 427 g/mol. The number of halogens is 1. The van der Waals surface area contributed by atoms with Gasteiger partial charge in [-0.2, -0.15) is 10.1 Å². The summed E-state index contributed by atoms with van der Waals surface area (Å²) < 4.78 is 21.3. The van der Waals surface area contributed by atoms with E-state index in [4.69, 9.17) is 19.8 Å². The van der Waals surface area contributed by atoms with Gasteiger partial charge in [0.15, 0.2) is 5.82 Å². The van der Waals surface area contributed by atoms with Crippen LogP contribution in [0.5, 0.6) is 0 Å². The standard InChI is InChI=1S/C22H30FN7O/c1-4-18-19-20(30(28-18)11-12-31-5-2)21(25-17-8-6-7-16(23)13-17)27-22(26-19)29-10-9-24-15(3)14-29/h6-8,13,15,24H,4-5,9-12,14H2,1-3H3,(H,25,26,27)/t15-/m1/s1. The van der Waals surface area contributed by atoms with Crippen molar-refractivity contribution in [1.29, 1.82) is 0 Å². The zero-order valence-corrected chi connectivity index (χ0v) is 18.4. The first-order valence-electron chi connectivity index (χ1n) is 10.9. The maximum atomic E-state index is 13.8. The Morgan fingerprint density at radius 2 is 2.16 bits per heavy atom. The van der Waals surface area contributed by atoms with Gasteiger partial charge in [-0.25, -0.2) is 9.37 Å². The molecule has 1 aliphatic heterocycles. The Bertz CT molecular complexity index is 1040. The minimum Gasteiger partial charge on any atom is -0.380 e. The van der Waals surface area contributed by atoms with Crippen LogP contribution in [-0.4, -0.2) is 58.6 Å². The Kier molecular flexibility index (Phi) is 6.62. The van der Waals surface area contributed by atoms with E-state index in [1.807, 2.05) is 17.7 Å². The molecule has 0 saturated carbocycles.